The molecule has 0 aliphatic heterocycles. The van der Waals surface area contributed by atoms with Gasteiger partial charge in [0, 0.05) is 18.2 Å². The number of H-pyrrole nitrogens is 1. The van der Waals surface area contributed by atoms with E-state index in [1.54, 1.807) is 6.08 Å². The number of carbonyl (C=O) groups excluding carboxylic acids is 1. The van der Waals surface area contributed by atoms with Crippen molar-refractivity contribution >= 4 is 11.7 Å². The van der Waals surface area contributed by atoms with E-state index >= 15 is 0 Å². The molecule has 0 bridgehead atoms. The number of carbonyl (C=O) groups is 1. The number of anilines is 1. The van der Waals surface area contributed by atoms with Crippen LogP contribution in [0.4, 0.5) is 5.82 Å². The van der Waals surface area contributed by atoms with Crippen molar-refractivity contribution in [1.82, 2.24) is 10.2 Å². The van der Waals surface area contributed by atoms with Gasteiger partial charge in [-0.15, -0.1) is 6.58 Å². The molecule has 0 fully saturated rings. The molecule has 14 heavy (non-hydrogen) atoms. The summed E-state index contributed by atoms with van der Waals surface area (Å²) in [4.78, 5) is 11.2. The highest BCUT2D eigenvalue weighted by Crippen LogP contribution is 2.14. The minimum Gasteiger partial charge on any atom is -0.309 e. The van der Waals surface area contributed by atoms with Crippen LogP contribution in [0.1, 0.15) is 31.9 Å². The zero-order valence-electron chi connectivity index (χ0n) is 8.50. The summed E-state index contributed by atoms with van der Waals surface area (Å²) in [5, 5.41) is 9.50. The number of aromatic nitrogens is 2. The number of hydrogen-bond donors (Lipinski definition) is 2. The zero-order valence-corrected chi connectivity index (χ0v) is 8.50. The highest BCUT2D eigenvalue weighted by atomic mass is 16.1. The number of amides is 1. The van der Waals surface area contributed by atoms with Crippen molar-refractivity contribution in [3.8, 4) is 0 Å². The van der Waals surface area contributed by atoms with E-state index in [-0.39, 0.29) is 5.91 Å². The van der Waals surface area contributed by atoms with Gasteiger partial charge in [0.15, 0.2) is 5.82 Å². The molecule has 4 nitrogen and oxygen atoms in total. The molecule has 0 aromatic carbocycles. The first-order valence-electron chi connectivity index (χ1n) is 4.59. The SMILES string of the molecule is C=CCC(=O)Nc1cc(C(C)C)[nH]n1. The lowest BCUT2D eigenvalue weighted by Gasteiger charge is -1.97. The molecule has 0 saturated carbocycles. The van der Waals surface area contributed by atoms with Crippen LogP contribution >= 0.6 is 0 Å². The Labute approximate surface area is 83.4 Å². The Kier molecular flexibility index (Phi) is 3.45. The van der Waals surface area contributed by atoms with Crippen molar-refractivity contribution in [1.29, 1.82) is 0 Å². The summed E-state index contributed by atoms with van der Waals surface area (Å²) in [5.74, 6) is 0.856. The average molecular weight is 193 g/mol. The van der Waals surface area contributed by atoms with Crippen LogP contribution in [0.2, 0.25) is 0 Å². The van der Waals surface area contributed by atoms with E-state index in [2.05, 4.69) is 35.9 Å². The van der Waals surface area contributed by atoms with E-state index < -0.39 is 0 Å². The van der Waals surface area contributed by atoms with Crippen LogP contribution in [0.25, 0.3) is 0 Å². The summed E-state index contributed by atoms with van der Waals surface area (Å²) < 4.78 is 0. The third-order valence-corrected chi connectivity index (χ3v) is 1.82. The minimum absolute atomic E-state index is 0.0955. The predicted octanol–water partition coefficient (Wildman–Crippen LogP) is 2.05. The third-order valence-electron chi connectivity index (χ3n) is 1.82. The fraction of sp³-hybridized carbons (Fsp3) is 0.400. The standard InChI is InChI=1S/C10H15N3O/c1-4-5-10(14)11-9-6-8(7(2)3)12-13-9/h4,6-7H,1,5H2,2-3H3,(H2,11,12,13,14). The third kappa shape index (κ3) is 2.73. The fourth-order valence-electron chi connectivity index (χ4n) is 1.02. The first-order valence-corrected chi connectivity index (χ1v) is 4.59. The molecule has 0 aliphatic carbocycles. The summed E-state index contributed by atoms with van der Waals surface area (Å²) in [7, 11) is 0. The van der Waals surface area contributed by atoms with Gasteiger partial charge >= 0.3 is 0 Å². The molecular weight excluding hydrogens is 178 g/mol. The second kappa shape index (κ2) is 4.60. The lowest BCUT2D eigenvalue weighted by atomic mass is 10.1. The normalized spacial score (nSPS) is 10.2. The molecule has 0 atom stereocenters. The largest absolute Gasteiger partial charge is 0.309 e. The molecule has 1 amide bonds. The Hall–Kier alpha value is -1.58. The first-order chi connectivity index (χ1) is 6.63. The van der Waals surface area contributed by atoms with Crippen molar-refractivity contribution in [3.63, 3.8) is 0 Å². The maximum atomic E-state index is 11.2. The number of rotatable bonds is 4. The smallest absolute Gasteiger partial charge is 0.229 e. The number of nitrogens with one attached hydrogen (secondary N) is 2. The van der Waals surface area contributed by atoms with Crippen molar-refractivity contribution in [2.45, 2.75) is 26.2 Å². The van der Waals surface area contributed by atoms with Gasteiger partial charge in [-0.25, -0.2) is 0 Å². The Morgan fingerprint density at radius 2 is 2.50 bits per heavy atom. The lowest BCUT2D eigenvalue weighted by molar-refractivity contribution is -0.115. The Bertz CT molecular complexity index is 328. The Morgan fingerprint density at radius 1 is 1.79 bits per heavy atom. The summed E-state index contributed by atoms with van der Waals surface area (Å²) in [5.41, 5.74) is 1.01. The van der Waals surface area contributed by atoms with Crippen molar-refractivity contribution in [2.75, 3.05) is 5.32 Å². The predicted molar refractivity (Wildman–Crippen MR) is 56.1 cm³/mol. The van der Waals surface area contributed by atoms with Crippen molar-refractivity contribution in [3.05, 3.63) is 24.4 Å². The molecule has 4 heteroatoms. The summed E-state index contributed by atoms with van der Waals surface area (Å²) in [6.07, 6.45) is 1.87. The van der Waals surface area contributed by atoms with Crippen LogP contribution in [0.5, 0.6) is 0 Å². The van der Waals surface area contributed by atoms with Gasteiger partial charge in [-0.2, -0.15) is 5.10 Å². The maximum absolute atomic E-state index is 11.2. The molecule has 1 aromatic rings. The van der Waals surface area contributed by atoms with E-state index in [0.717, 1.165) is 5.69 Å². The average Bonchev–Trinajstić information content (AvgIpc) is 2.53. The second-order valence-corrected chi connectivity index (χ2v) is 3.40. The van der Waals surface area contributed by atoms with E-state index in [1.165, 1.54) is 0 Å². The molecule has 0 spiro atoms. The van der Waals surface area contributed by atoms with Gasteiger partial charge in [-0.1, -0.05) is 19.9 Å². The van der Waals surface area contributed by atoms with Crippen LogP contribution in [0.15, 0.2) is 18.7 Å². The van der Waals surface area contributed by atoms with Gasteiger partial charge in [-0.3, -0.25) is 9.89 Å². The van der Waals surface area contributed by atoms with Gasteiger partial charge in [0.1, 0.15) is 0 Å². The summed E-state index contributed by atoms with van der Waals surface area (Å²) in [6.45, 7) is 7.60. The van der Waals surface area contributed by atoms with Crippen LogP contribution in [0, 0.1) is 0 Å². The Balaban J connectivity index is 2.59. The summed E-state index contributed by atoms with van der Waals surface area (Å²) >= 11 is 0. The second-order valence-electron chi connectivity index (χ2n) is 3.40. The zero-order chi connectivity index (χ0) is 10.6. The fourth-order valence-corrected chi connectivity index (χ4v) is 1.02. The van der Waals surface area contributed by atoms with Gasteiger partial charge in [-0.05, 0) is 5.92 Å². The quantitative estimate of drug-likeness (QED) is 0.719. The van der Waals surface area contributed by atoms with E-state index in [4.69, 9.17) is 0 Å². The van der Waals surface area contributed by atoms with Crippen LogP contribution in [-0.2, 0) is 4.79 Å². The first kappa shape index (κ1) is 10.5. The molecule has 0 unspecified atom stereocenters. The van der Waals surface area contributed by atoms with E-state index in [9.17, 15) is 4.79 Å². The topological polar surface area (TPSA) is 57.8 Å². The number of aromatic amines is 1. The van der Waals surface area contributed by atoms with Gasteiger partial charge in [0.25, 0.3) is 0 Å². The minimum atomic E-state index is -0.0955. The molecule has 0 radical (unpaired) electrons. The van der Waals surface area contributed by atoms with Gasteiger partial charge < -0.3 is 5.32 Å². The lowest BCUT2D eigenvalue weighted by Crippen LogP contribution is -2.09. The number of hydrogen-bond acceptors (Lipinski definition) is 2. The van der Waals surface area contributed by atoms with Crippen LogP contribution in [0.3, 0.4) is 0 Å². The van der Waals surface area contributed by atoms with Crippen molar-refractivity contribution < 1.29 is 4.79 Å². The Morgan fingerprint density at radius 3 is 3.00 bits per heavy atom. The molecular formula is C10H15N3O. The van der Waals surface area contributed by atoms with Crippen LogP contribution in [-0.4, -0.2) is 16.1 Å². The molecule has 2 N–H and O–H groups in total. The highest BCUT2D eigenvalue weighted by Gasteiger charge is 2.06. The monoisotopic (exact) mass is 193 g/mol. The molecule has 0 saturated heterocycles. The van der Waals surface area contributed by atoms with Gasteiger partial charge in [0.2, 0.25) is 5.91 Å². The molecule has 1 rings (SSSR count). The molecule has 76 valence electrons. The molecule has 1 aromatic heterocycles. The maximum Gasteiger partial charge on any atom is 0.229 e. The summed E-state index contributed by atoms with van der Waals surface area (Å²) in [6, 6.07) is 1.84. The highest BCUT2D eigenvalue weighted by molar-refractivity contribution is 5.90. The van der Waals surface area contributed by atoms with Gasteiger partial charge in [0.05, 0.1) is 0 Å². The molecule has 1 heterocycles. The van der Waals surface area contributed by atoms with E-state index in [0.29, 0.717) is 18.2 Å². The number of nitrogens with zero attached hydrogens (tertiary/aromatic N) is 1. The van der Waals surface area contributed by atoms with E-state index in [1.807, 2.05) is 6.07 Å². The van der Waals surface area contributed by atoms with Crippen molar-refractivity contribution in [2.24, 2.45) is 0 Å². The molecule has 0 aliphatic rings. The van der Waals surface area contributed by atoms with Crippen LogP contribution < -0.4 is 5.32 Å².